The molecule has 0 saturated carbocycles. The van der Waals surface area contributed by atoms with Gasteiger partial charge in [0.05, 0.1) is 16.0 Å². The van der Waals surface area contributed by atoms with Crippen molar-refractivity contribution in [2.45, 2.75) is 12.8 Å². The summed E-state index contributed by atoms with van der Waals surface area (Å²) in [6.07, 6.45) is 1.79. The van der Waals surface area contributed by atoms with E-state index < -0.39 is 0 Å². The molecule has 2 atom stereocenters. The standard InChI is InChI=1S/C14H18Cl2N2O/c1-18-5-4-10(11(8-18)14(17)19)6-9-2-3-12(15)13(16)7-9/h2-3,7,10-11H,4-6,8H2,1H3,(H2,17,19)/t10-,11-/m1/s1. The van der Waals surface area contributed by atoms with Gasteiger partial charge in [0.2, 0.25) is 5.91 Å². The maximum atomic E-state index is 11.6. The van der Waals surface area contributed by atoms with E-state index in [4.69, 9.17) is 28.9 Å². The van der Waals surface area contributed by atoms with E-state index in [1.165, 1.54) is 0 Å². The number of piperidine rings is 1. The van der Waals surface area contributed by atoms with Crippen LogP contribution in [-0.4, -0.2) is 30.9 Å². The smallest absolute Gasteiger partial charge is 0.222 e. The third-order valence-corrected chi connectivity index (χ3v) is 4.55. The van der Waals surface area contributed by atoms with Crippen LogP contribution in [0.25, 0.3) is 0 Å². The van der Waals surface area contributed by atoms with Crippen LogP contribution in [-0.2, 0) is 11.2 Å². The molecule has 1 amide bonds. The minimum absolute atomic E-state index is 0.0896. The van der Waals surface area contributed by atoms with E-state index in [1.54, 1.807) is 6.07 Å². The van der Waals surface area contributed by atoms with Crippen molar-refractivity contribution >= 4 is 29.1 Å². The summed E-state index contributed by atoms with van der Waals surface area (Å²) in [6, 6.07) is 5.64. The molecule has 1 aliphatic rings. The van der Waals surface area contributed by atoms with E-state index in [0.717, 1.165) is 31.5 Å². The zero-order valence-electron chi connectivity index (χ0n) is 10.9. The fourth-order valence-electron chi connectivity index (χ4n) is 2.70. The van der Waals surface area contributed by atoms with Crippen LogP contribution in [0, 0.1) is 11.8 Å². The minimum atomic E-state index is -0.211. The molecule has 1 saturated heterocycles. The Morgan fingerprint density at radius 1 is 1.42 bits per heavy atom. The van der Waals surface area contributed by atoms with Crippen molar-refractivity contribution in [2.24, 2.45) is 17.6 Å². The maximum Gasteiger partial charge on any atom is 0.222 e. The number of nitrogens with two attached hydrogens (primary N) is 1. The van der Waals surface area contributed by atoms with Crippen LogP contribution in [0.5, 0.6) is 0 Å². The predicted molar refractivity (Wildman–Crippen MR) is 78.5 cm³/mol. The molecule has 2 N–H and O–H groups in total. The van der Waals surface area contributed by atoms with Gasteiger partial charge in [-0.15, -0.1) is 0 Å². The lowest BCUT2D eigenvalue weighted by molar-refractivity contribution is -0.125. The van der Waals surface area contributed by atoms with E-state index in [9.17, 15) is 4.79 Å². The van der Waals surface area contributed by atoms with Crippen molar-refractivity contribution in [2.75, 3.05) is 20.1 Å². The number of carbonyl (C=O) groups is 1. The topological polar surface area (TPSA) is 46.3 Å². The highest BCUT2D eigenvalue weighted by atomic mass is 35.5. The molecule has 0 bridgehead atoms. The first kappa shape index (κ1) is 14.6. The molecule has 1 aromatic carbocycles. The summed E-state index contributed by atoms with van der Waals surface area (Å²) in [5.41, 5.74) is 6.62. The van der Waals surface area contributed by atoms with Gasteiger partial charge in [0.25, 0.3) is 0 Å². The van der Waals surface area contributed by atoms with Crippen molar-refractivity contribution in [3.63, 3.8) is 0 Å². The second kappa shape index (κ2) is 6.12. The maximum absolute atomic E-state index is 11.6. The molecule has 2 rings (SSSR count). The lowest BCUT2D eigenvalue weighted by Gasteiger charge is -2.35. The van der Waals surface area contributed by atoms with E-state index in [1.807, 2.05) is 19.2 Å². The fourth-order valence-corrected chi connectivity index (χ4v) is 3.02. The van der Waals surface area contributed by atoms with Crippen molar-refractivity contribution < 1.29 is 4.79 Å². The van der Waals surface area contributed by atoms with Crippen molar-refractivity contribution in [3.8, 4) is 0 Å². The van der Waals surface area contributed by atoms with E-state index in [0.29, 0.717) is 10.0 Å². The zero-order valence-corrected chi connectivity index (χ0v) is 12.4. The second-order valence-corrected chi connectivity index (χ2v) is 6.09. The average molecular weight is 301 g/mol. The molecule has 1 fully saturated rings. The van der Waals surface area contributed by atoms with Gasteiger partial charge in [-0.3, -0.25) is 4.79 Å². The average Bonchev–Trinajstić information content (AvgIpc) is 2.36. The summed E-state index contributed by atoms with van der Waals surface area (Å²) >= 11 is 11.9. The van der Waals surface area contributed by atoms with Crippen molar-refractivity contribution in [1.82, 2.24) is 4.90 Å². The first-order valence-corrected chi connectivity index (χ1v) is 7.14. The lowest BCUT2D eigenvalue weighted by Crippen LogP contribution is -2.45. The Labute approximate surface area is 123 Å². The van der Waals surface area contributed by atoms with Gasteiger partial charge in [-0.2, -0.15) is 0 Å². The lowest BCUT2D eigenvalue weighted by atomic mass is 9.81. The quantitative estimate of drug-likeness (QED) is 0.932. The van der Waals surface area contributed by atoms with Gasteiger partial charge in [0, 0.05) is 6.54 Å². The molecular formula is C14H18Cl2N2O. The molecule has 3 nitrogen and oxygen atoms in total. The number of hydrogen-bond acceptors (Lipinski definition) is 2. The van der Waals surface area contributed by atoms with Crippen molar-refractivity contribution in [3.05, 3.63) is 33.8 Å². The molecule has 1 heterocycles. The number of rotatable bonds is 3. The number of primary amides is 1. The van der Waals surface area contributed by atoms with Crippen LogP contribution in [0.4, 0.5) is 0 Å². The highest BCUT2D eigenvalue weighted by Crippen LogP contribution is 2.29. The third kappa shape index (κ3) is 3.62. The Morgan fingerprint density at radius 3 is 2.79 bits per heavy atom. The number of amides is 1. The third-order valence-electron chi connectivity index (χ3n) is 3.81. The summed E-state index contributed by atoms with van der Waals surface area (Å²) in [5.74, 6) is -0.0178. The number of halogens is 2. The Hall–Kier alpha value is -0.770. The fraction of sp³-hybridized carbons (Fsp3) is 0.500. The molecule has 104 valence electrons. The summed E-state index contributed by atoms with van der Waals surface area (Å²) < 4.78 is 0. The van der Waals surface area contributed by atoms with Gasteiger partial charge in [-0.05, 0) is 50.0 Å². The molecule has 0 aliphatic carbocycles. The van der Waals surface area contributed by atoms with Gasteiger partial charge >= 0.3 is 0 Å². The highest BCUT2D eigenvalue weighted by Gasteiger charge is 2.31. The number of carbonyl (C=O) groups excluding carboxylic acids is 1. The normalized spacial score (nSPS) is 24.4. The molecule has 0 spiro atoms. The Morgan fingerprint density at radius 2 is 2.16 bits per heavy atom. The van der Waals surface area contributed by atoms with E-state index in [2.05, 4.69) is 4.90 Å². The number of hydrogen-bond donors (Lipinski definition) is 1. The van der Waals surface area contributed by atoms with Crippen LogP contribution in [0.2, 0.25) is 10.0 Å². The Balaban J connectivity index is 2.11. The van der Waals surface area contributed by atoms with E-state index >= 15 is 0 Å². The van der Waals surface area contributed by atoms with Gasteiger partial charge < -0.3 is 10.6 Å². The van der Waals surface area contributed by atoms with Crippen LogP contribution in [0.3, 0.4) is 0 Å². The zero-order chi connectivity index (χ0) is 14.0. The van der Waals surface area contributed by atoms with Gasteiger partial charge in [-0.25, -0.2) is 0 Å². The molecule has 0 radical (unpaired) electrons. The Kier molecular flexibility index (Phi) is 4.71. The molecular weight excluding hydrogens is 283 g/mol. The number of likely N-dealkylation sites (tertiary alicyclic amines) is 1. The predicted octanol–water partition coefficient (Wildman–Crippen LogP) is 2.59. The number of benzene rings is 1. The first-order valence-electron chi connectivity index (χ1n) is 6.39. The summed E-state index contributed by atoms with van der Waals surface area (Å²) in [7, 11) is 2.02. The van der Waals surface area contributed by atoms with Crippen LogP contribution in [0.15, 0.2) is 18.2 Å². The van der Waals surface area contributed by atoms with Crippen LogP contribution < -0.4 is 5.73 Å². The van der Waals surface area contributed by atoms with E-state index in [-0.39, 0.29) is 17.7 Å². The Bertz CT molecular complexity index is 479. The van der Waals surface area contributed by atoms with Gasteiger partial charge in [0.1, 0.15) is 0 Å². The minimum Gasteiger partial charge on any atom is -0.369 e. The second-order valence-electron chi connectivity index (χ2n) is 5.27. The summed E-state index contributed by atoms with van der Waals surface area (Å²) in [5, 5.41) is 1.11. The van der Waals surface area contributed by atoms with Crippen molar-refractivity contribution in [1.29, 1.82) is 0 Å². The monoisotopic (exact) mass is 300 g/mol. The molecule has 0 unspecified atom stereocenters. The van der Waals surface area contributed by atoms with Gasteiger partial charge in [-0.1, -0.05) is 29.3 Å². The van der Waals surface area contributed by atoms with Crippen LogP contribution in [0.1, 0.15) is 12.0 Å². The van der Waals surface area contributed by atoms with Crippen LogP contribution >= 0.6 is 23.2 Å². The molecule has 19 heavy (non-hydrogen) atoms. The summed E-state index contributed by atoms with van der Waals surface area (Å²) in [6.45, 7) is 1.73. The molecule has 0 aromatic heterocycles. The summed E-state index contributed by atoms with van der Waals surface area (Å²) in [4.78, 5) is 13.7. The molecule has 5 heteroatoms. The molecule has 1 aliphatic heterocycles. The highest BCUT2D eigenvalue weighted by molar-refractivity contribution is 6.42. The first-order chi connectivity index (χ1) is 8.97. The number of nitrogens with zero attached hydrogens (tertiary/aromatic N) is 1. The molecule has 1 aromatic rings. The largest absolute Gasteiger partial charge is 0.369 e. The van der Waals surface area contributed by atoms with Gasteiger partial charge in [0.15, 0.2) is 0 Å². The SMILES string of the molecule is CN1CC[C@H](Cc2ccc(Cl)c(Cl)c2)[C@H](C(N)=O)C1.